The summed E-state index contributed by atoms with van der Waals surface area (Å²) >= 11 is 0. The number of rotatable bonds is 1. The molecule has 2 heteroatoms. The average Bonchev–Trinajstić information content (AvgIpc) is 3.36. The van der Waals surface area contributed by atoms with Crippen molar-refractivity contribution in [3.05, 3.63) is 91.0 Å². The van der Waals surface area contributed by atoms with Crippen molar-refractivity contribution in [2.24, 2.45) is 0 Å². The van der Waals surface area contributed by atoms with Crippen LogP contribution in [0.1, 0.15) is 12.8 Å². The van der Waals surface area contributed by atoms with E-state index in [1.165, 1.54) is 60.1 Å². The van der Waals surface area contributed by atoms with Crippen LogP contribution in [0.5, 0.6) is 0 Å². The molecule has 0 saturated carbocycles. The van der Waals surface area contributed by atoms with Gasteiger partial charge >= 0.3 is 0 Å². The second-order valence-corrected chi connectivity index (χ2v) is 8.17. The van der Waals surface area contributed by atoms with E-state index in [2.05, 4.69) is 101 Å². The summed E-state index contributed by atoms with van der Waals surface area (Å²) in [7, 11) is 0. The number of nitrogens with one attached hydrogen (secondary N) is 1. The van der Waals surface area contributed by atoms with Gasteiger partial charge < -0.3 is 9.55 Å². The molecule has 6 aromatic rings. The van der Waals surface area contributed by atoms with Crippen molar-refractivity contribution in [3.8, 4) is 0 Å². The maximum absolute atomic E-state index is 3.73. The highest BCUT2D eigenvalue weighted by Gasteiger charge is 2.21. The molecule has 0 fully saturated rings. The van der Waals surface area contributed by atoms with Crippen molar-refractivity contribution in [1.82, 2.24) is 9.55 Å². The van der Waals surface area contributed by atoms with Crippen molar-refractivity contribution in [3.63, 3.8) is 0 Å². The van der Waals surface area contributed by atoms with Gasteiger partial charge in [-0.05, 0) is 31.1 Å². The standard InChI is InChI=1S/C28H20N2/c1-2-10-18(11-3-1)30-24-17-9-7-15-22(24)26-25-21-14-6-8-16-23(21)29-27(25)19-12-4-5-13-20(19)28(26)30/h1-2,4-10,12-17,29H,3,11H2. The summed E-state index contributed by atoms with van der Waals surface area (Å²) in [5.74, 6) is 0. The molecule has 1 aliphatic carbocycles. The van der Waals surface area contributed by atoms with Crippen LogP contribution in [0.15, 0.2) is 91.0 Å². The molecule has 2 heterocycles. The lowest BCUT2D eigenvalue weighted by Crippen LogP contribution is -1.99. The first-order chi connectivity index (χ1) is 14.9. The lowest BCUT2D eigenvalue weighted by molar-refractivity contribution is 0.980. The fourth-order valence-corrected chi connectivity index (χ4v) is 5.33. The molecule has 7 rings (SSSR count). The summed E-state index contributed by atoms with van der Waals surface area (Å²) < 4.78 is 2.51. The maximum atomic E-state index is 3.73. The molecular formula is C28H20N2. The third-order valence-electron chi connectivity index (χ3n) is 6.56. The van der Waals surface area contributed by atoms with Crippen molar-refractivity contribution in [2.75, 3.05) is 0 Å². The zero-order valence-corrected chi connectivity index (χ0v) is 16.5. The third kappa shape index (κ3) is 1.98. The smallest absolute Gasteiger partial charge is 0.0624 e. The first-order valence-corrected chi connectivity index (χ1v) is 10.6. The number of aromatic nitrogens is 2. The molecular weight excluding hydrogens is 364 g/mol. The Kier molecular flexibility index (Phi) is 3.14. The van der Waals surface area contributed by atoms with Gasteiger partial charge in [0.25, 0.3) is 0 Å². The molecule has 0 radical (unpaired) electrons. The summed E-state index contributed by atoms with van der Waals surface area (Å²) in [6.45, 7) is 0. The monoisotopic (exact) mass is 384 g/mol. The number of allylic oxidation sites excluding steroid dienone is 4. The number of benzene rings is 4. The molecule has 142 valence electrons. The second kappa shape index (κ2) is 5.87. The van der Waals surface area contributed by atoms with Crippen LogP contribution in [0.4, 0.5) is 0 Å². The quantitative estimate of drug-likeness (QED) is 0.299. The molecule has 0 amide bonds. The van der Waals surface area contributed by atoms with Gasteiger partial charge in [0.05, 0.1) is 16.6 Å². The number of aromatic amines is 1. The highest BCUT2D eigenvalue weighted by atomic mass is 15.0. The molecule has 2 nitrogen and oxygen atoms in total. The van der Waals surface area contributed by atoms with Gasteiger partial charge in [-0.1, -0.05) is 72.8 Å². The van der Waals surface area contributed by atoms with Crippen LogP contribution < -0.4 is 0 Å². The summed E-state index contributed by atoms with van der Waals surface area (Å²) in [5.41, 5.74) is 6.41. The minimum absolute atomic E-state index is 1.06. The van der Waals surface area contributed by atoms with E-state index in [0.29, 0.717) is 0 Å². The molecule has 0 spiro atoms. The number of hydrogen-bond acceptors (Lipinski definition) is 0. The van der Waals surface area contributed by atoms with E-state index in [-0.39, 0.29) is 0 Å². The number of nitrogens with zero attached hydrogens (tertiary/aromatic N) is 1. The number of fused-ring (bicyclic) bond motifs is 10. The van der Waals surface area contributed by atoms with Gasteiger partial charge in [0, 0.05) is 43.5 Å². The molecule has 1 aliphatic rings. The molecule has 0 saturated heterocycles. The first-order valence-electron chi connectivity index (χ1n) is 10.6. The Morgan fingerprint density at radius 1 is 0.700 bits per heavy atom. The molecule has 30 heavy (non-hydrogen) atoms. The van der Waals surface area contributed by atoms with Crippen LogP contribution >= 0.6 is 0 Å². The van der Waals surface area contributed by atoms with Crippen LogP contribution in [0.25, 0.3) is 60.1 Å². The van der Waals surface area contributed by atoms with Crippen molar-refractivity contribution >= 4 is 60.1 Å². The molecule has 2 aromatic heterocycles. The van der Waals surface area contributed by atoms with Gasteiger partial charge in [0.2, 0.25) is 0 Å². The normalized spacial score (nSPS) is 14.5. The highest BCUT2D eigenvalue weighted by molar-refractivity contribution is 6.36. The summed E-state index contributed by atoms with van der Waals surface area (Å²) in [4.78, 5) is 3.73. The van der Waals surface area contributed by atoms with E-state index in [9.17, 15) is 0 Å². The summed E-state index contributed by atoms with van der Waals surface area (Å²) in [5, 5.41) is 7.89. The van der Waals surface area contributed by atoms with Crippen LogP contribution in [0, 0.1) is 0 Å². The molecule has 0 aliphatic heterocycles. The van der Waals surface area contributed by atoms with E-state index < -0.39 is 0 Å². The summed E-state index contributed by atoms with van der Waals surface area (Å²) in [6.07, 6.45) is 8.89. The van der Waals surface area contributed by atoms with Gasteiger partial charge in [0.15, 0.2) is 0 Å². The Morgan fingerprint density at radius 3 is 2.27 bits per heavy atom. The largest absolute Gasteiger partial charge is 0.354 e. The van der Waals surface area contributed by atoms with Crippen LogP contribution in [-0.4, -0.2) is 9.55 Å². The van der Waals surface area contributed by atoms with Crippen molar-refractivity contribution in [2.45, 2.75) is 12.8 Å². The SMILES string of the molecule is C1=CCCC(n2c3ccccc3c3c4c5ccccc5[nH]c4c4ccccc4c32)=C1. The van der Waals surface area contributed by atoms with Crippen LogP contribution in [-0.2, 0) is 0 Å². The van der Waals surface area contributed by atoms with E-state index >= 15 is 0 Å². The predicted octanol–water partition coefficient (Wildman–Crippen LogP) is 7.77. The maximum Gasteiger partial charge on any atom is 0.0624 e. The average molecular weight is 384 g/mol. The predicted molar refractivity (Wildman–Crippen MR) is 129 cm³/mol. The topological polar surface area (TPSA) is 20.7 Å². The Balaban J connectivity index is 1.87. The van der Waals surface area contributed by atoms with Crippen LogP contribution in [0.2, 0.25) is 0 Å². The fraction of sp³-hybridized carbons (Fsp3) is 0.0714. The van der Waals surface area contributed by atoms with Crippen molar-refractivity contribution < 1.29 is 0 Å². The number of H-pyrrole nitrogens is 1. The Hall–Kier alpha value is -3.78. The fourth-order valence-electron chi connectivity index (χ4n) is 5.33. The number of hydrogen-bond donors (Lipinski definition) is 1. The lowest BCUT2D eigenvalue weighted by atomic mass is 9.99. The highest BCUT2D eigenvalue weighted by Crippen LogP contribution is 2.45. The van der Waals surface area contributed by atoms with Gasteiger partial charge in [0.1, 0.15) is 0 Å². The van der Waals surface area contributed by atoms with Crippen molar-refractivity contribution in [1.29, 1.82) is 0 Å². The molecule has 0 unspecified atom stereocenters. The zero-order valence-electron chi connectivity index (χ0n) is 16.5. The lowest BCUT2D eigenvalue weighted by Gasteiger charge is -2.15. The van der Waals surface area contributed by atoms with Gasteiger partial charge in [-0.3, -0.25) is 0 Å². The minimum Gasteiger partial charge on any atom is -0.354 e. The number of para-hydroxylation sites is 2. The molecule has 1 N–H and O–H groups in total. The molecule has 4 aromatic carbocycles. The van der Waals surface area contributed by atoms with Gasteiger partial charge in [-0.2, -0.15) is 0 Å². The Morgan fingerprint density at radius 2 is 1.43 bits per heavy atom. The van der Waals surface area contributed by atoms with Gasteiger partial charge in [-0.15, -0.1) is 0 Å². The van der Waals surface area contributed by atoms with E-state index in [0.717, 1.165) is 12.8 Å². The Bertz CT molecular complexity index is 1690. The van der Waals surface area contributed by atoms with Gasteiger partial charge in [-0.25, -0.2) is 0 Å². The van der Waals surface area contributed by atoms with Crippen LogP contribution in [0.3, 0.4) is 0 Å². The van der Waals surface area contributed by atoms with E-state index in [4.69, 9.17) is 0 Å². The molecule has 0 atom stereocenters. The second-order valence-electron chi connectivity index (χ2n) is 8.17. The van der Waals surface area contributed by atoms with E-state index in [1.807, 2.05) is 0 Å². The first kappa shape index (κ1) is 16.1. The zero-order chi connectivity index (χ0) is 19.7. The summed E-state index contributed by atoms with van der Waals surface area (Å²) in [6, 6.07) is 26.4. The Labute approximate surface area is 173 Å². The minimum atomic E-state index is 1.06. The third-order valence-corrected chi connectivity index (χ3v) is 6.56. The van der Waals surface area contributed by atoms with E-state index in [1.54, 1.807) is 0 Å². The molecule has 0 bridgehead atoms.